The second-order valence-electron chi connectivity index (χ2n) is 16.0. The molecule has 1 amide bonds. The number of benzene rings is 2. The Morgan fingerprint density at radius 3 is 2.26 bits per heavy atom. The molecule has 0 saturated carbocycles. The molecule has 1 aliphatic rings. The summed E-state index contributed by atoms with van der Waals surface area (Å²) in [5.41, 5.74) is 2.17. The molecule has 12 nitrogen and oxygen atoms in total. The summed E-state index contributed by atoms with van der Waals surface area (Å²) >= 11 is 0. The Labute approximate surface area is 312 Å². The van der Waals surface area contributed by atoms with E-state index in [1.165, 1.54) is 18.8 Å². The molecule has 0 bridgehead atoms. The number of rotatable bonds is 8. The Morgan fingerprint density at radius 2 is 1.66 bits per heavy atom. The molecule has 0 spiro atoms. The zero-order valence-electron chi connectivity index (χ0n) is 33.1. The number of aromatic hydroxyl groups is 1. The number of hydrogen-bond acceptors (Lipinski definition) is 9. The second kappa shape index (κ2) is 14.6. The highest BCUT2D eigenvalue weighted by molar-refractivity contribution is 6.74. The smallest absolute Gasteiger partial charge is 0.414 e. The molecule has 53 heavy (non-hydrogen) atoms. The molecule has 286 valence electrons. The number of hydrogen-bond donors (Lipinski definition) is 1. The lowest BCUT2D eigenvalue weighted by molar-refractivity contribution is 0.0575. The minimum atomic E-state index is -2.09. The summed E-state index contributed by atoms with van der Waals surface area (Å²) in [5.74, 6) is -0.368. The van der Waals surface area contributed by atoms with Crippen LogP contribution >= 0.6 is 0 Å². The Kier molecular flexibility index (Phi) is 10.9. The van der Waals surface area contributed by atoms with Gasteiger partial charge in [-0.3, -0.25) is 9.69 Å². The third-order valence-electron chi connectivity index (χ3n) is 10.4. The van der Waals surface area contributed by atoms with Gasteiger partial charge in [0.1, 0.15) is 22.8 Å². The summed E-state index contributed by atoms with van der Waals surface area (Å²) in [4.78, 5) is 43.2. The van der Waals surface area contributed by atoms with Gasteiger partial charge in [-0.15, -0.1) is 0 Å². The van der Waals surface area contributed by atoms with Crippen molar-refractivity contribution < 1.29 is 38.1 Å². The molecule has 0 unspecified atom stereocenters. The number of esters is 1. The molecular weight excluding hydrogens is 695 g/mol. The van der Waals surface area contributed by atoms with Gasteiger partial charge in [0.05, 0.1) is 51.4 Å². The molecule has 1 N–H and O–H groups in total. The van der Waals surface area contributed by atoms with Crippen LogP contribution in [0.5, 0.6) is 17.2 Å². The quantitative estimate of drug-likeness (QED) is 0.142. The van der Waals surface area contributed by atoms with Crippen LogP contribution in [0, 0.1) is 0 Å². The van der Waals surface area contributed by atoms with Crippen molar-refractivity contribution in [2.24, 2.45) is 7.05 Å². The molecule has 4 aromatic rings. The van der Waals surface area contributed by atoms with E-state index in [0.717, 1.165) is 16.6 Å². The molecule has 1 aliphatic heterocycles. The Hall–Kier alpha value is -4.75. The third kappa shape index (κ3) is 7.68. The normalized spacial score (nSPS) is 13.5. The topological polar surface area (TPSA) is 131 Å². The fraction of sp³-hybridized carbons (Fsp3) is 0.475. The number of amides is 1. The van der Waals surface area contributed by atoms with Crippen LogP contribution in [0.4, 0.5) is 10.5 Å². The third-order valence-corrected chi connectivity index (χ3v) is 14.8. The van der Waals surface area contributed by atoms with Crippen LogP contribution in [0.25, 0.3) is 22.2 Å². The second-order valence-corrected chi connectivity index (χ2v) is 20.8. The van der Waals surface area contributed by atoms with Crippen LogP contribution in [0.2, 0.25) is 18.1 Å². The van der Waals surface area contributed by atoms with E-state index in [0.29, 0.717) is 52.6 Å². The Bertz CT molecular complexity index is 2120. The van der Waals surface area contributed by atoms with Gasteiger partial charge in [0.2, 0.25) is 0 Å². The zero-order valence-corrected chi connectivity index (χ0v) is 34.1. The van der Waals surface area contributed by atoms with Crippen molar-refractivity contribution in [2.75, 3.05) is 32.8 Å². The predicted octanol–water partition coefficient (Wildman–Crippen LogP) is 7.77. The lowest BCUT2D eigenvalue weighted by Gasteiger charge is -2.36. The highest BCUT2D eigenvalue weighted by Gasteiger charge is 2.38. The fourth-order valence-corrected chi connectivity index (χ4v) is 7.33. The molecule has 0 fully saturated rings. The highest BCUT2D eigenvalue weighted by atomic mass is 28.4. The molecule has 0 aliphatic carbocycles. The summed E-state index contributed by atoms with van der Waals surface area (Å²) < 4.78 is 32.2. The molecule has 3 heterocycles. The van der Waals surface area contributed by atoms with Gasteiger partial charge in [-0.1, -0.05) is 20.8 Å². The van der Waals surface area contributed by atoms with Crippen LogP contribution < -0.4 is 19.9 Å². The van der Waals surface area contributed by atoms with Gasteiger partial charge in [-0.2, -0.15) is 0 Å². The molecule has 2 aromatic carbocycles. The number of carbonyl (C=O) groups excluding carboxylic acids is 2. The maximum absolute atomic E-state index is 14.5. The fourth-order valence-electron chi connectivity index (χ4n) is 6.39. The largest absolute Gasteiger partial charge is 0.506 e. The van der Waals surface area contributed by atoms with Gasteiger partial charge >= 0.3 is 12.1 Å². The number of pyridine rings is 1. The maximum atomic E-state index is 14.5. The van der Waals surface area contributed by atoms with Crippen molar-refractivity contribution >= 4 is 37.0 Å². The molecule has 5 rings (SSSR count). The molecule has 0 saturated heterocycles. The van der Waals surface area contributed by atoms with Crippen molar-refractivity contribution in [3.63, 3.8) is 0 Å². The summed E-state index contributed by atoms with van der Waals surface area (Å²) in [6, 6.07) is 11.2. The van der Waals surface area contributed by atoms with E-state index in [2.05, 4.69) is 44.5 Å². The van der Waals surface area contributed by atoms with Gasteiger partial charge in [0, 0.05) is 47.4 Å². The number of methoxy groups -OCH3 is 3. The summed E-state index contributed by atoms with van der Waals surface area (Å²) in [6.07, 6.45) is 0.0848. The average Bonchev–Trinajstić information content (AvgIpc) is 3.38. The average molecular weight is 748 g/mol. The minimum Gasteiger partial charge on any atom is -0.506 e. The zero-order chi connectivity index (χ0) is 39.2. The summed E-state index contributed by atoms with van der Waals surface area (Å²) in [6.45, 7) is 17.1. The number of aromatic nitrogens is 2. The first-order valence-corrected chi connectivity index (χ1v) is 20.7. The van der Waals surface area contributed by atoms with Gasteiger partial charge < -0.3 is 37.6 Å². The van der Waals surface area contributed by atoms with E-state index >= 15 is 0 Å². The number of nitrogens with zero attached hydrogens (tertiary/aromatic N) is 3. The first-order valence-electron chi connectivity index (χ1n) is 17.8. The SMILES string of the molecule is COC(=O)c1c(O)c2c(n(Cc3ccc(OC)cc3OC)c1=O)-c1cc3cc(CO[Si](C)(C)C(C)(C)C)n(C)c3cc1N(C(=O)OC(C)(C)C)CCC2. The standard InChI is InChI=1S/C40H53N3O9Si/c1-39(2,3)52-38(47)42-17-13-14-28-34(29-19-25-18-26(41(7)30(25)21-31(29)42)23-51-53(11,12)40(4,5)6)43(36(45)33(35(28)44)37(46)50-10)22-24-15-16-27(48-8)20-32(24)49-9/h15-16,18-21,44H,13-14,17,22-23H2,1-12H3. The lowest BCUT2D eigenvalue weighted by atomic mass is 9.93. The number of anilines is 1. The number of aryl methyl sites for hydroxylation is 1. The molecule has 0 atom stereocenters. The van der Waals surface area contributed by atoms with Crippen molar-refractivity contribution in [1.82, 2.24) is 9.13 Å². The summed E-state index contributed by atoms with van der Waals surface area (Å²) in [5, 5.41) is 12.6. The molecular formula is C40H53N3O9Si. The lowest BCUT2D eigenvalue weighted by Crippen LogP contribution is -2.40. The highest BCUT2D eigenvalue weighted by Crippen LogP contribution is 2.44. The predicted molar refractivity (Wildman–Crippen MR) is 208 cm³/mol. The molecule has 13 heteroatoms. The van der Waals surface area contributed by atoms with Crippen LogP contribution in [-0.2, 0) is 40.5 Å². The van der Waals surface area contributed by atoms with Gasteiger partial charge in [0.15, 0.2) is 13.9 Å². The van der Waals surface area contributed by atoms with E-state index in [1.807, 2.05) is 40.0 Å². The van der Waals surface area contributed by atoms with Crippen LogP contribution in [0.15, 0.2) is 41.2 Å². The van der Waals surface area contributed by atoms with Crippen molar-refractivity contribution in [3.05, 3.63) is 69.1 Å². The monoisotopic (exact) mass is 747 g/mol. The number of carbonyl (C=O) groups is 2. The molecule has 2 aromatic heterocycles. The van der Waals surface area contributed by atoms with Crippen molar-refractivity contribution in [1.29, 1.82) is 0 Å². The Balaban J connectivity index is 1.85. The van der Waals surface area contributed by atoms with Crippen molar-refractivity contribution in [3.8, 4) is 28.5 Å². The van der Waals surface area contributed by atoms with E-state index in [4.69, 9.17) is 23.4 Å². The first kappa shape index (κ1) is 39.5. The van der Waals surface area contributed by atoms with Gasteiger partial charge in [-0.05, 0) is 82.1 Å². The van der Waals surface area contributed by atoms with Crippen LogP contribution in [-0.4, -0.2) is 68.1 Å². The first-order chi connectivity index (χ1) is 24.7. The van der Waals surface area contributed by atoms with Crippen LogP contribution in [0.3, 0.4) is 0 Å². The summed E-state index contributed by atoms with van der Waals surface area (Å²) in [7, 11) is 4.12. The number of ether oxygens (including phenoxy) is 4. The minimum absolute atomic E-state index is 0.0199. The van der Waals surface area contributed by atoms with E-state index in [-0.39, 0.29) is 24.5 Å². The maximum Gasteiger partial charge on any atom is 0.414 e. The van der Waals surface area contributed by atoms with Crippen LogP contribution in [0.1, 0.15) is 75.1 Å². The van der Waals surface area contributed by atoms with Crippen molar-refractivity contribution in [2.45, 2.75) is 91.3 Å². The molecule has 0 radical (unpaired) electrons. The van der Waals surface area contributed by atoms with E-state index in [9.17, 15) is 19.5 Å². The Morgan fingerprint density at radius 1 is 0.962 bits per heavy atom. The van der Waals surface area contributed by atoms with Gasteiger partial charge in [-0.25, -0.2) is 9.59 Å². The van der Waals surface area contributed by atoms with Gasteiger partial charge in [0.25, 0.3) is 5.56 Å². The number of fused-ring (bicyclic) bond motifs is 4. The van der Waals surface area contributed by atoms with E-state index in [1.54, 1.807) is 30.2 Å². The van der Waals surface area contributed by atoms with E-state index < -0.39 is 42.9 Å².